The maximum Gasteiger partial charge on any atom is 0.242 e. The number of carbonyl (C=O) groups is 1. The molecule has 0 spiro atoms. The maximum absolute atomic E-state index is 11.9. The third kappa shape index (κ3) is 2.36. The minimum Gasteiger partial charge on any atom is -0.310 e. The average molecular weight is 208 g/mol. The van der Waals surface area contributed by atoms with Crippen LogP contribution in [0.2, 0.25) is 0 Å². The lowest BCUT2D eigenvalue weighted by Gasteiger charge is -2.28. The normalized spacial score (nSPS) is 26.2. The molecule has 1 amide bonds. The van der Waals surface area contributed by atoms with E-state index in [0.717, 1.165) is 19.4 Å². The summed E-state index contributed by atoms with van der Waals surface area (Å²) in [5.41, 5.74) is 0. The lowest BCUT2D eigenvalue weighted by atomic mass is 9.92. The summed E-state index contributed by atoms with van der Waals surface area (Å²) in [4.78, 5) is 11.9. The molecule has 1 aliphatic rings. The number of carbonyl (C=O) groups excluding carboxylic acids is 1. The second kappa shape index (κ2) is 4.44. The first-order valence-electron chi connectivity index (χ1n) is 5.31. The molecule has 5 nitrogen and oxygen atoms in total. The highest BCUT2D eigenvalue weighted by molar-refractivity contribution is 5.94. The number of rotatable bonds is 2. The SMILES string of the molecule is CC1CCCNC1C(=O)Nc1ccn[nH]1. The molecule has 1 aliphatic heterocycles. The van der Waals surface area contributed by atoms with E-state index in [-0.39, 0.29) is 11.9 Å². The van der Waals surface area contributed by atoms with Crippen LogP contribution in [0.25, 0.3) is 0 Å². The number of nitrogens with zero attached hydrogens (tertiary/aromatic N) is 1. The predicted octanol–water partition coefficient (Wildman–Crippen LogP) is 0.736. The summed E-state index contributed by atoms with van der Waals surface area (Å²) < 4.78 is 0. The van der Waals surface area contributed by atoms with Crippen LogP contribution >= 0.6 is 0 Å². The quantitative estimate of drug-likeness (QED) is 0.671. The van der Waals surface area contributed by atoms with E-state index >= 15 is 0 Å². The molecule has 0 bridgehead atoms. The number of aromatic nitrogens is 2. The van der Waals surface area contributed by atoms with Crippen LogP contribution in [0.5, 0.6) is 0 Å². The number of H-pyrrole nitrogens is 1. The molecule has 2 unspecified atom stereocenters. The highest BCUT2D eigenvalue weighted by atomic mass is 16.2. The predicted molar refractivity (Wildman–Crippen MR) is 57.4 cm³/mol. The van der Waals surface area contributed by atoms with E-state index in [0.29, 0.717) is 11.7 Å². The fraction of sp³-hybridized carbons (Fsp3) is 0.600. The van der Waals surface area contributed by atoms with Gasteiger partial charge in [-0.1, -0.05) is 6.92 Å². The van der Waals surface area contributed by atoms with Gasteiger partial charge in [-0.3, -0.25) is 9.89 Å². The van der Waals surface area contributed by atoms with Crippen molar-refractivity contribution in [2.24, 2.45) is 5.92 Å². The van der Waals surface area contributed by atoms with Gasteiger partial charge in [0.25, 0.3) is 0 Å². The summed E-state index contributed by atoms with van der Waals surface area (Å²) in [6, 6.07) is 1.66. The van der Waals surface area contributed by atoms with Gasteiger partial charge in [0.15, 0.2) is 0 Å². The minimum absolute atomic E-state index is 0.0199. The summed E-state index contributed by atoms with van der Waals surface area (Å²) in [6.07, 6.45) is 3.87. The van der Waals surface area contributed by atoms with Crippen LogP contribution in [0.1, 0.15) is 19.8 Å². The van der Waals surface area contributed by atoms with E-state index in [2.05, 4.69) is 27.8 Å². The number of amides is 1. The summed E-state index contributed by atoms with van der Waals surface area (Å²) >= 11 is 0. The third-order valence-electron chi connectivity index (χ3n) is 2.81. The van der Waals surface area contributed by atoms with Gasteiger partial charge in [-0.15, -0.1) is 0 Å². The van der Waals surface area contributed by atoms with Crippen molar-refractivity contribution >= 4 is 11.7 Å². The summed E-state index contributed by atoms with van der Waals surface area (Å²) in [5.74, 6) is 1.06. The Labute approximate surface area is 88.6 Å². The number of piperidine rings is 1. The Kier molecular flexibility index (Phi) is 3.01. The van der Waals surface area contributed by atoms with Gasteiger partial charge in [0.05, 0.1) is 12.2 Å². The van der Waals surface area contributed by atoms with Crippen molar-refractivity contribution in [1.82, 2.24) is 15.5 Å². The van der Waals surface area contributed by atoms with Crippen molar-refractivity contribution in [2.45, 2.75) is 25.8 Å². The highest BCUT2D eigenvalue weighted by Gasteiger charge is 2.27. The first kappa shape index (κ1) is 10.2. The molecule has 2 heterocycles. The molecule has 0 aromatic carbocycles. The third-order valence-corrected chi connectivity index (χ3v) is 2.81. The zero-order chi connectivity index (χ0) is 10.7. The van der Waals surface area contributed by atoms with Gasteiger partial charge in [0.1, 0.15) is 5.82 Å². The number of hydrogen-bond donors (Lipinski definition) is 3. The Balaban J connectivity index is 1.95. The van der Waals surface area contributed by atoms with Crippen LogP contribution < -0.4 is 10.6 Å². The van der Waals surface area contributed by atoms with E-state index in [4.69, 9.17) is 0 Å². The molecular formula is C10H16N4O. The Morgan fingerprint density at radius 2 is 2.53 bits per heavy atom. The van der Waals surface area contributed by atoms with Gasteiger partial charge in [0, 0.05) is 6.07 Å². The van der Waals surface area contributed by atoms with Gasteiger partial charge in [0.2, 0.25) is 5.91 Å². The van der Waals surface area contributed by atoms with Gasteiger partial charge < -0.3 is 10.6 Å². The smallest absolute Gasteiger partial charge is 0.242 e. The van der Waals surface area contributed by atoms with Gasteiger partial charge in [-0.05, 0) is 25.3 Å². The number of anilines is 1. The molecule has 15 heavy (non-hydrogen) atoms. The lowest BCUT2D eigenvalue weighted by Crippen LogP contribution is -2.48. The monoisotopic (exact) mass is 208 g/mol. The maximum atomic E-state index is 11.9. The molecule has 0 radical (unpaired) electrons. The molecule has 82 valence electrons. The molecule has 2 atom stereocenters. The Hall–Kier alpha value is -1.36. The summed E-state index contributed by atoms with van der Waals surface area (Å²) in [5, 5.41) is 12.5. The lowest BCUT2D eigenvalue weighted by molar-refractivity contribution is -0.119. The molecule has 1 fully saturated rings. The van der Waals surface area contributed by atoms with Crippen LogP contribution in [0.4, 0.5) is 5.82 Å². The highest BCUT2D eigenvalue weighted by Crippen LogP contribution is 2.16. The van der Waals surface area contributed by atoms with Crippen molar-refractivity contribution in [3.05, 3.63) is 12.3 Å². The fourth-order valence-corrected chi connectivity index (χ4v) is 1.94. The zero-order valence-corrected chi connectivity index (χ0v) is 8.79. The standard InChI is InChI=1S/C10H16N4O/c1-7-3-2-5-11-9(7)10(15)13-8-4-6-12-14-8/h4,6-7,9,11H,2-3,5H2,1H3,(H2,12,13,14,15). The molecule has 1 aromatic heterocycles. The molecule has 5 heteroatoms. The van der Waals surface area contributed by atoms with E-state index in [1.54, 1.807) is 12.3 Å². The average Bonchev–Trinajstić information content (AvgIpc) is 2.71. The van der Waals surface area contributed by atoms with Crippen molar-refractivity contribution in [1.29, 1.82) is 0 Å². The van der Waals surface area contributed by atoms with Crippen molar-refractivity contribution < 1.29 is 4.79 Å². The molecular weight excluding hydrogens is 192 g/mol. The van der Waals surface area contributed by atoms with Crippen LogP contribution in [-0.4, -0.2) is 28.7 Å². The molecule has 0 aliphatic carbocycles. The minimum atomic E-state index is -0.0814. The molecule has 1 aromatic rings. The summed E-state index contributed by atoms with van der Waals surface area (Å²) in [7, 11) is 0. The van der Waals surface area contributed by atoms with Crippen LogP contribution in [0, 0.1) is 5.92 Å². The van der Waals surface area contributed by atoms with E-state index in [9.17, 15) is 4.79 Å². The van der Waals surface area contributed by atoms with Gasteiger partial charge in [-0.25, -0.2) is 0 Å². The fourth-order valence-electron chi connectivity index (χ4n) is 1.94. The number of hydrogen-bond acceptors (Lipinski definition) is 3. The Bertz CT molecular complexity index is 322. The van der Waals surface area contributed by atoms with Crippen LogP contribution in [-0.2, 0) is 4.79 Å². The largest absolute Gasteiger partial charge is 0.310 e. The molecule has 1 saturated heterocycles. The van der Waals surface area contributed by atoms with E-state index < -0.39 is 0 Å². The molecule has 2 rings (SSSR count). The van der Waals surface area contributed by atoms with Gasteiger partial charge >= 0.3 is 0 Å². The number of aromatic amines is 1. The Morgan fingerprint density at radius 1 is 1.67 bits per heavy atom. The molecule has 0 saturated carbocycles. The van der Waals surface area contributed by atoms with E-state index in [1.165, 1.54) is 0 Å². The van der Waals surface area contributed by atoms with E-state index in [1.807, 2.05) is 0 Å². The van der Waals surface area contributed by atoms with Crippen LogP contribution in [0.3, 0.4) is 0 Å². The first-order chi connectivity index (χ1) is 7.27. The first-order valence-corrected chi connectivity index (χ1v) is 5.31. The zero-order valence-electron chi connectivity index (χ0n) is 8.79. The molecule has 3 N–H and O–H groups in total. The van der Waals surface area contributed by atoms with Crippen LogP contribution in [0.15, 0.2) is 12.3 Å². The summed E-state index contributed by atoms with van der Waals surface area (Å²) in [6.45, 7) is 3.02. The van der Waals surface area contributed by atoms with Crippen molar-refractivity contribution in [2.75, 3.05) is 11.9 Å². The second-order valence-electron chi connectivity index (χ2n) is 4.01. The Morgan fingerprint density at radius 3 is 3.20 bits per heavy atom. The number of nitrogens with one attached hydrogen (secondary N) is 3. The van der Waals surface area contributed by atoms with Gasteiger partial charge in [-0.2, -0.15) is 5.10 Å². The van der Waals surface area contributed by atoms with Crippen molar-refractivity contribution in [3.63, 3.8) is 0 Å². The second-order valence-corrected chi connectivity index (χ2v) is 4.01. The van der Waals surface area contributed by atoms with Crippen molar-refractivity contribution in [3.8, 4) is 0 Å². The topological polar surface area (TPSA) is 69.8 Å².